The molecule has 10 rings (SSSR count). The molecule has 8 aromatic rings. The Hall–Kier alpha value is -5.32. The van der Waals surface area contributed by atoms with E-state index in [4.69, 9.17) is 0 Å². The predicted molar refractivity (Wildman–Crippen MR) is 195 cm³/mol. The van der Waals surface area contributed by atoms with Crippen molar-refractivity contribution >= 4 is 75.4 Å². The molecule has 0 aromatic heterocycles. The molecule has 10 nitrogen and oxygen atoms in total. The van der Waals surface area contributed by atoms with Crippen LogP contribution in [-0.4, -0.2) is 43.7 Å². The van der Waals surface area contributed by atoms with Crippen molar-refractivity contribution < 1.29 is 30.6 Å². The molecule has 8 aromatic carbocycles. The van der Waals surface area contributed by atoms with Crippen LogP contribution in [0.25, 0.3) is 75.4 Å². The molecule has 2 atom stereocenters. The molecule has 0 radical (unpaired) electrons. The van der Waals surface area contributed by atoms with Crippen molar-refractivity contribution in [3.8, 4) is 34.5 Å². The number of piperidine rings is 2. The molecule has 2 heterocycles. The summed E-state index contributed by atoms with van der Waals surface area (Å²) in [6.07, 6.45) is 4.58. The molecule has 2 aliphatic heterocycles. The van der Waals surface area contributed by atoms with Crippen molar-refractivity contribution in [2.75, 3.05) is 13.1 Å². The maximum atomic E-state index is 14.8. The summed E-state index contributed by atoms with van der Waals surface area (Å²) in [5.74, 6) is -2.14. The van der Waals surface area contributed by atoms with Crippen LogP contribution in [0.5, 0.6) is 34.5 Å². The smallest absolute Gasteiger partial charge is 0.201 e. The Morgan fingerprint density at radius 3 is 1.46 bits per heavy atom. The predicted octanol–water partition coefficient (Wildman–Crippen LogP) is 6.71. The number of hydrogen-bond acceptors (Lipinski definition) is 10. The molecular formula is C40H34N2O8. The highest BCUT2D eigenvalue weighted by molar-refractivity contribution is 6.51. The molecule has 0 spiro atoms. The van der Waals surface area contributed by atoms with E-state index in [9.17, 15) is 40.2 Å². The maximum absolute atomic E-state index is 14.8. The van der Waals surface area contributed by atoms with Gasteiger partial charge >= 0.3 is 0 Å². The summed E-state index contributed by atoms with van der Waals surface area (Å²) < 4.78 is 0. The summed E-state index contributed by atoms with van der Waals surface area (Å²) in [4.78, 5) is 28.8. The zero-order valence-corrected chi connectivity index (χ0v) is 27.5. The van der Waals surface area contributed by atoms with Gasteiger partial charge in [0.15, 0.2) is 5.43 Å². The first-order chi connectivity index (χ1) is 24.0. The molecule has 2 saturated heterocycles. The minimum absolute atomic E-state index is 0.0202. The monoisotopic (exact) mass is 670 g/mol. The van der Waals surface area contributed by atoms with Crippen LogP contribution in [0.15, 0.2) is 21.7 Å². The van der Waals surface area contributed by atoms with Crippen LogP contribution < -0.4 is 21.5 Å². The molecule has 0 saturated carbocycles. The fraction of sp³-hybridized carbons (Fsp3) is 0.300. The lowest BCUT2D eigenvalue weighted by Crippen LogP contribution is -2.27. The molecule has 252 valence electrons. The molecule has 2 fully saturated rings. The first-order valence-electron chi connectivity index (χ1n) is 17.3. The maximum Gasteiger partial charge on any atom is 0.201 e. The Morgan fingerprint density at radius 2 is 0.920 bits per heavy atom. The van der Waals surface area contributed by atoms with Crippen LogP contribution in [0.2, 0.25) is 0 Å². The van der Waals surface area contributed by atoms with E-state index in [2.05, 4.69) is 10.6 Å². The molecule has 10 heteroatoms. The number of hydrogen-bond donors (Lipinski definition) is 8. The molecular weight excluding hydrogens is 636 g/mol. The van der Waals surface area contributed by atoms with Crippen molar-refractivity contribution in [2.24, 2.45) is 0 Å². The van der Waals surface area contributed by atoms with E-state index < -0.39 is 34.4 Å². The zero-order valence-electron chi connectivity index (χ0n) is 27.5. The van der Waals surface area contributed by atoms with Gasteiger partial charge in [-0.2, -0.15) is 0 Å². The third kappa shape index (κ3) is 3.27. The van der Waals surface area contributed by atoms with Gasteiger partial charge in [-0.15, -0.1) is 0 Å². The van der Waals surface area contributed by atoms with Gasteiger partial charge in [-0.25, -0.2) is 0 Å². The number of phenols is 6. The van der Waals surface area contributed by atoms with Gasteiger partial charge in [0.25, 0.3) is 0 Å². The molecule has 8 N–H and O–H groups in total. The number of fused-ring (bicyclic) bond motifs is 2. The van der Waals surface area contributed by atoms with Gasteiger partial charge in [-0.1, -0.05) is 12.8 Å². The SMILES string of the molecule is Cc1cc(=O)c2c(O)c3c(O)c(C4CCCCN4)c(O)c4c5c(O)c(C6CCCCN6)c(O)c6c(=O)c7c(O)cc(C)c8c1c2c(c34)c(c65)c78. The molecule has 2 aliphatic rings. The Kier molecular flexibility index (Phi) is 5.73. The highest BCUT2D eigenvalue weighted by atomic mass is 16.3. The quantitative estimate of drug-likeness (QED) is 0.0728. The summed E-state index contributed by atoms with van der Waals surface area (Å²) in [7, 11) is 0. The van der Waals surface area contributed by atoms with E-state index in [1.54, 1.807) is 13.8 Å². The topological polar surface area (TPSA) is 180 Å². The minimum Gasteiger partial charge on any atom is -0.507 e. The summed E-state index contributed by atoms with van der Waals surface area (Å²) in [5.41, 5.74) is 0.348. The van der Waals surface area contributed by atoms with Crippen LogP contribution in [0.3, 0.4) is 0 Å². The van der Waals surface area contributed by atoms with E-state index in [0.29, 0.717) is 69.4 Å². The fourth-order valence-corrected chi connectivity index (χ4v) is 9.98. The molecule has 0 amide bonds. The number of benzene rings is 8. The number of phenolic OH excluding ortho intramolecular Hbond substituents is 6. The van der Waals surface area contributed by atoms with Crippen LogP contribution in [0.4, 0.5) is 0 Å². The minimum atomic E-state index is -0.628. The second-order valence-electron chi connectivity index (χ2n) is 14.6. The van der Waals surface area contributed by atoms with Crippen LogP contribution in [0, 0.1) is 13.8 Å². The van der Waals surface area contributed by atoms with E-state index in [-0.39, 0.29) is 77.2 Å². The Morgan fingerprint density at radius 1 is 0.480 bits per heavy atom. The van der Waals surface area contributed by atoms with Gasteiger partial charge in [0.05, 0.1) is 32.7 Å². The first-order valence-corrected chi connectivity index (χ1v) is 17.3. The average Bonchev–Trinajstić information content (AvgIpc) is 3.08. The second-order valence-corrected chi connectivity index (χ2v) is 14.6. The molecule has 0 aliphatic carbocycles. The average molecular weight is 671 g/mol. The highest BCUT2D eigenvalue weighted by Gasteiger charge is 2.38. The largest absolute Gasteiger partial charge is 0.507 e. The highest BCUT2D eigenvalue weighted by Crippen LogP contribution is 2.61. The summed E-state index contributed by atoms with van der Waals surface area (Å²) in [5, 5.41) is 82.7. The third-order valence-corrected chi connectivity index (χ3v) is 12.0. The number of aryl methyl sites for hydroxylation is 2. The third-order valence-electron chi connectivity index (χ3n) is 12.0. The van der Waals surface area contributed by atoms with Crippen LogP contribution in [-0.2, 0) is 0 Å². The van der Waals surface area contributed by atoms with Crippen molar-refractivity contribution in [3.63, 3.8) is 0 Å². The Balaban J connectivity index is 1.64. The summed E-state index contributed by atoms with van der Waals surface area (Å²) in [6, 6.07) is 1.90. The van der Waals surface area contributed by atoms with Gasteiger partial charge in [0, 0.05) is 55.2 Å². The van der Waals surface area contributed by atoms with Gasteiger partial charge in [-0.3, -0.25) is 9.59 Å². The van der Waals surface area contributed by atoms with Gasteiger partial charge in [0.1, 0.15) is 34.5 Å². The Bertz CT molecular complexity index is 2880. The summed E-state index contributed by atoms with van der Waals surface area (Å²) >= 11 is 0. The van der Waals surface area contributed by atoms with Gasteiger partial charge in [0.2, 0.25) is 5.43 Å². The van der Waals surface area contributed by atoms with E-state index in [1.165, 1.54) is 12.1 Å². The van der Waals surface area contributed by atoms with Crippen molar-refractivity contribution in [3.05, 3.63) is 54.8 Å². The molecule has 0 bridgehead atoms. The van der Waals surface area contributed by atoms with Crippen molar-refractivity contribution in [1.82, 2.24) is 10.6 Å². The van der Waals surface area contributed by atoms with Crippen molar-refractivity contribution in [2.45, 2.75) is 64.5 Å². The van der Waals surface area contributed by atoms with Gasteiger partial charge < -0.3 is 41.3 Å². The zero-order chi connectivity index (χ0) is 34.7. The lowest BCUT2D eigenvalue weighted by Gasteiger charge is -2.31. The van der Waals surface area contributed by atoms with Crippen molar-refractivity contribution in [1.29, 1.82) is 0 Å². The van der Waals surface area contributed by atoms with Crippen LogP contribution >= 0.6 is 0 Å². The molecule has 2 unspecified atom stereocenters. The normalized spacial score (nSPS) is 19.2. The standard InChI is InChI=1S/C40H34N2O8/c1-13-11-17(43)23-25-19(13)20-14(2)12-18(44)24-26(20)28-27(25)29-31(35(45)21(15-7-3-5-9-41-15)37(47)33(29)39(23)49)32-30(28)34(40(24)50)38(48)22(36(32)46)16-8-4-6-10-42-16/h11-12,15-16,41-43,45-48,50H,3-10H2,1-2H3. The first kappa shape index (κ1) is 29.6. The lowest BCUT2D eigenvalue weighted by atomic mass is 9.76. The van der Waals surface area contributed by atoms with Crippen LogP contribution in [0.1, 0.15) is 72.9 Å². The summed E-state index contributed by atoms with van der Waals surface area (Å²) in [6.45, 7) is 4.82. The Labute approximate surface area is 283 Å². The molecule has 50 heavy (non-hydrogen) atoms. The van der Waals surface area contributed by atoms with E-state index in [0.717, 1.165) is 25.7 Å². The number of aromatic hydroxyl groups is 6. The number of rotatable bonds is 2. The van der Waals surface area contributed by atoms with Gasteiger partial charge in [-0.05, 0) is 86.7 Å². The fourth-order valence-electron chi connectivity index (χ4n) is 9.98. The number of nitrogens with one attached hydrogen (secondary N) is 2. The van der Waals surface area contributed by atoms with E-state index in [1.807, 2.05) is 0 Å². The lowest BCUT2D eigenvalue weighted by molar-refractivity contribution is 0.372. The second kappa shape index (κ2) is 9.68. The van der Waals surface area contributed by atoms with E-state index >= 15 is 0 Å².